The van der Waals surface area contributed by atoms with Crippen LogP contribution in [0.2, 0.25) is 0 Å². The molecule has 0 saturated carbocycles. The molecule has 0 aliphatic carbocycles. The first kappa shape index (κ1) is 12.7. The van der Waals surface area contributed by atoms with E-state index in [0.717, 1.165) is 17.5 Å². The lowest BCUT2D eigenvalue weighted by Crippen LogP contribution is -2.01. The van der Waals surface area contributed by atoms with E-state index < -0.39 is 0 Å². The summed E-state index contributed by atoms with van der Waals surface area (Å²) in [5.41, 5.74) is 3.31. The molecule has 0 saturated heterocycles. The van der Waals surface area contributed by atoms with Gasteiger partial charge in [0.25, 0.3) is 0 Å². The predicted molar refractivity (Wildman–Crippen MR) is 67.0 cm³/mol. The number of hydrogen-bond donors (Lipinski definition) is 0. The van der Waals surface area contributed by atoms with Crippen molar-refractivity contribution in [1.82, 2.24) is 0 Å². The Balaban J connectivity index is 3.03. The van der Waals surface area contributed by atoms with Gasteiger partial charge in [0.1, 0.15) is 5.82 Å². The Kier molecular flexibility index (Phi) is 4.32. The lowest BCUT2D eigenvalue weighted by molar-refractivity contribution is 0.579. The maximum atomic E-state index is 13.1. The van der Waals surface area contributed by atoms with Crippen LogP contribution in [0.1, 0.15) is 41.8 Å². The summed E-state index contributed by atoms with van der Waals surface area (Å²) in [5.74, 6) is 0.497. The smallest absolute Gasteiger partial charge is 0.123 e. The zero-order valence-electron chi connectivity index (χ0n) is 9.77. The molecule has 0 aliphatic rings. The van der Waals surface area contributed by atoms with E-state index in [1.54, 1.807) is 12.1 Å². The van der Waals surface area contributed by atoms with Gasteiger partial charge in [-0.3, -0.25) is 0 Å². The Hall–Kier alpha value is -0.370. The molecule has 1 aromatic rings. The monoisotopic (exact) mass is 272 g/mol. The van der Waals surface area contributed by atoms with Crippen LogP contribution in [0, 0.1) is 25.6 Å². The number of aryl methyl sites for hydroxylation is 2. The van der Waals surface area contributed by atoms with E-state index in [9.17, 15) is 4.39 Å². The molecule has 1 rings (SSSR count). The predicted octanol–water partition coefficient (Wildman–Crippen LogP) is 4.92. The third-order valence-corrected chi connectivity index (χ3v) is 3.38. The molecule has 1 atom stereocenters. The first-order valence-corrected chi connectivity index (χ1v) is 6.24. The molecular formula is C13H18BrF. The molecule has 1 unspecified atom stereocenters. The van der Waals surface area contributed by atoms with Crippen molar-refractivity contribution in [1.29, 1.82) is 0 Å². The van der Waals surface area contributed by atoms with Crippen LogP contribution in [0.3, 0.4) is 0 Å². The highest BCUT2D eigenvalue weighted by Gasteiger charge is 2.15. The molecule has 1 aromatic carbocycles. The Labute approximate surface area is 100 Å². The van der Waals surface area contributed by atoms with Crippen LogP contribution in [0.15, 0.2) is 12.1 Å². The van der Waals surface area contributed by atoms with Crippen LogP contribution in [0.5, 0.6) is 0 Å². The molecule has 0 amide bonds. The third-order valence-electron chi connectivity index (χ3n) is 2.55. The second kappa shape index (κ2) is 5.11. The molecule has 15 heavy (non-hydrogen) atoms. The van der Waals surface area contributed by atoms with Crippen LogP contribution in [-0.2, 0) is 0 Å². The quantitative estimate of drug-likeness (QED) is 0.685. The number of hydrogen-bond acceptors (Lipinski definition) is 0. The average Bonchev–Trinajstić information content (AvgIpc) is 1.99. The molecule has 0 fully saturated rings. The zero-order chi connectivity index (χ0) is 11.6. The SMILES string of the molecule is Cc1cc(F)cc(C)c1C(Br)CC(C)C. The number of benzene rings is 1. The highest BCUT2D eigenvalue weighted by atomic mass is 79.9. The van der Waals surface area contributed by atoms with Gasteiger partial charge in [-0.2, -0.15) is 0 Å². The fraction of sp³-hybridized carbons (Fsp3) is 0.538. The molecule has 0 radical (unpaired) electrons. The van der Waals surface area contributed by atoms with Gasteiger partial charge < -0.3 is 0 Å². The minimum atomic E-state index is -0.141. The number of halogens is 2. The van der Waals surface area contributed by atoms with Crippen molar-refractivity contribution in [3.8, 4) is 0 Å². The Morgan fingerprint density at radius 3 is 2.07 bits per heavy atom. The van der Waals surface area contributed by atoms with Gasteiger partial charge in [0.05, 0.1) is 0 Å². The van der Waals surface area contributed by atoms with Gasteiger partial charge in [-0.1, -0.05) is 29.8 Å². The van der Waals surface area contributed by atoms with Gasteiger partial charge in [-0.15, -0.1) is 0 Å². The van der Waals surface area contributed by atoms with E-state index in [2.05, 4.69) is 29.8 Å². The molecule has 0 N–H and O–H groups in total. The second-order valence-corrected chi connectivity index (χ2v) is 5.66. The van der Waals surface area contributed by atoms with E-state index in [1.807, 2.05) is 13.8 Å². The van der Waals surface area contributed by atoms with E-state index in [4.69, 9.17) is 0 Å². The first-order chi connectivity index (χ1) is 6.91. The van der Waals surface area contributed by atoms with E-state index in [1.165, 1.54) is 5.56 Å². The Morgan fingerprint density at radius 1 is 1.20 bits per heavy atom. The van der Waals surface area contributed by atoms with Gasteiger partial charge in [0.15, 0.2) is 0 Å². The van der Waals surface area contributed by atoms with Crippen LogP contribution in [0.25, 0.3) is 0 Å². The number of alkyl halides is 1. The molecule has 2 heteroatoms. The summed E-state index contributed by atoms with van der Waals surface area (Å²) in [7, 11) is 0. The van der Waals surface area contributed by atoms with E-state index in [0.29, 0.717) is 10.7 Å². The van der Waals surface area contributed by atoms with Gasteiger partial charge in [0, 0.05) is 4.83 Å². The number of rotatable bonds is 3. The molecule has 0 aliphatic heterocycles. The summed E-state index contributed by atoms with van der Waals surface area (Å²) in [5, 5.41) is 0. The maximum absolute atomic E-state index is 13.1. The minimum Gasteiger partial charge on any atom is -0.207 e. The van der Waals surface area contributed by atoms with Crippen molar-refractivity contribution >= 4 is 15.9 Å². The van der Waals surface area contributed by atoms with Crippen LogP contribution in [-0.4, -0.2) is 0 Å². The van der Waals surface area contributed by atoms with Gasteiger partial charge in [0.2, 0.25) is 0 Å². The lowest BCUT2D eigenvalue weighted by atomic mass is 9.95. The maximum Gasteiger partial charge on any atom is 0.123 e. The molecule has 0 spiro atoms. The van der Waals surface area contributed by atoms with E-state index >= 15 is 0 Å². The second-order valence-electron chi connectivity index (χ2n) is 4.55. The van der Waals surface area contributed by atoms with Crippen LogP contribution >= 0.6 is 15.9 Å². The lowest BCUT2D eigenvalue weighted by Gasteiger charge is -2.18. The normalized spacial score (nSPS) is 13.3. The average molecular weight is 273 g/mol. The van der Waals surface area contributed by atoms with Crippen molar-refractivity contribution < 1.29 is 4.39 Å². The first-order valence-electron chi connectivity index (χ1n) is 5.32. The summed E-state index contributed by atoms with van der Waals surface area (Å²) in [4.78, 5) is 0.332. The van der Waals surface area contributed by atoms with Gasteiger partial charge >= 0.3 is 0 Å². The van der Waals surface area contributed by atoms with Crippen molar-refractivity contribution in [2.45, 2.75) is 38.9 Å². The summed E-state index contributed by atoms with van der Waals surface area (Å²) in [6.07, 6.45) is 1.08. The summed E-state index contributed by atoms with van der Waals surface area (Å²) in [6.45, 7) is 8.34. The highest BCUT2D eigenvalue weighted by molar-refractivity contribution is 9.09. The van der Waals surface area contributed by atoms with Crippen molar-refractivity contribution in [3.63, 3.8) is 0 Å². The molecule has 84 valence electrons. The molecule has 0 bridgehead atoms. The van der Waals surface area contributed by atoms with Crippen LogP contribution < -0.4 is 0 Å². The molecule has 0 nitrogen and oxygen atoms in total. The Bertz CT molecular complexity index is 321. The topological polar surface area (TPSA) is 0 Å². The minimum absolute atomic E-state index is 0.141. The van der Waals surface area contributed by atoms with Gasteiger partial charge in [-0.05, 0) is 55.0 Å². The highest BCUT2D eigenvalue weighted by Crippen LogP contribution is 2.34. The zero-order valence-corrected chi connectivity index (χ0v) is 11.4. The van der Waals surface area contributed by atoms with Crippen LogP contribution in [0.4, 0.5) is 4.39 Å². The van der Waals surface area contributed by atoms with Crippen molar-refractivity contribution in [2.75, 3.05) is 0 Å². The van der Waals surface area contributed by atoms with E-state index in [-0.39, 0.29) is 5.82 Å². The molecule has 0 aromatic heterocycles. The van der Waals surface area contributed by atoms with Crippen molar-refractivity contribution in [2.24, 2.45) is 5.92 Å². The summed E-state index contributed by atoms with van der Waals surface area (Å²) >= 11 is 3.69. The van der Waals surface area contributed by atoms with Gasteiger partial charge in [-0.25, -0.2) is 4.39 Å². The summed E-state index contributed by atoms with van der Waals surface area (Å²) in [6, 6.07) is 3.22. The fourth-order valence-corrected chi connectivity index (χ4v) is 3.42. The standard InChI is InChI=1S/C13H18BrF/c1-8(2)5-12(14)13-9(3)6-11(15)7-10(13)4/h6-8,12H,5H2,1-4H3. The van der Waals surface area contributed by atoms with Crippen molar-refractivity contribution in [3.05, 3.63) is 34.6 Å². The largest absolute Gasteiger partial charge is 0.207 e. The molecular weight excluding hydrogens is 255 g/mol. The third kappa shape index (κ3) is 3.30. The fourth-order valence-electron chi connectivity index (χ4n) is 1.95. The summed E-state index contributed by atoms with van der Waals surface area (Å²) < 4.78 is 13.1. The Morgan fingerprint density at radius 2 is 1.67 bits per heavy atom. The molecule has 0 heterocycles.